The first-order chi connectivity index (χ1) is 19.8. The number of thioether (sulfide) groups is 1. The summed E-state index contributed by atoms with van der Waals surface area (Å²) >= 11 is 4.85. The predicted molar refractivity (Wildman–Crippen MR) is 171 cm³/mol. The average Bonchev–Trinajstić information content (AvgIpc) is 2.98. The smallest absolute Gasteiger partial charge is 0.272 e. The minimum absolute atomic E-state index is 0.0761. The standard InChI is InChI=1S/C33H30BrN3O3S/c1-3-24-13-7-9-22(2)31(24)37-30(38)21-41-28-17-15-27(16-18-28)35-33(40)29(20-23-10-8-14-26(34)19-23)36-32(39)25-11-5-4-6-12-25/h4-20H,3,21H2,1-2H3,(H,35,40)(H,36,39)(H,37,38)/b29-20-. The SMILES string of the molecule is CCc1cccc(C)c1NC(=O)CSc1ccc(NC(=O)/C(=C/c2cccc(Br)c2)NC(=O)c2ccccc2)cc1. The van der Waals surface area contributed by atoms with Crippen molar-refractivity contribution < 1.29 is 14.4 Å². The number of aryl methyl sites for hydroxylation is 2. The molecular formula is C33H30BrN3O3S. The van der Waals surface area contributed by atoms with Gasteiger partial charge in [0, 0.05) is 26.3 Å². The Bertz CT molecular complexity index is 1570. The molecule has 0 aromatic heterocycles. The Morgan fingerprint density at radius 1 is 0.854 bits per heavy atom. The van der Waals surface area contributed by atoms with Gasteiger partial charge < -0.3 is 16.0 Å². The average molecular weight is 629 g/mol. The van der Waals surface area contributed by atoms with Gasteiger partial charge >= 0.3 is 0 Å². The van der Waals surface area contributed by atoms with Crippen LogP contribution in [0.4, 0.5) is 11.4 Å². The third-order valence-electron chi connectivity index (χ3n) is 6.18. The molecule has 0 saturated heterocycles. The Balaban J connectivity index is 1.41. The van der Waals surface area contributed by atoms with E-state index in [0.717, 1.165) is 38.2 Å². The van der Waals surface area contributed by atoms with E-state index in [2.05, 4.69) is 38.8 Å². The summed E-state index contributed by atoms with van der Waals surface area (Å²) in [6, 6.07) is 29.4. The molecule has 0 radical (unpaired) electrons. The van der Waals surface area contributed by atoms with Gasteiger partial charge in [0.1, 0.15) is 5.70 Å². The van der Waals surface area contributed by atoms with Gasteiger partial charge in [0.25, 0.3) is 11.8 Å². The summed E-state index contributed by atoms with van der Waals surface area (Å²) in [5.41, 5.74) is 4.89. The number of hydrogen-bond donors (Lipinski definition) is 3. The predicted octanol–water partition coefficient (Wildman–Crippen LogP) is 7.46. The number of carbonyl (C=O) groups is 3. The first-order valence-corrected chi connectivity index (χ1v) is 14.9. The second kappa shape index (κ2) is 14.5. The summed E-state index contributed by atoms with van der Waals surface area (Å²) in [6.45, 7) is 4.05. The molecule has 208 valence electrons. The number of halogens is 1. The van der Waals surface area contributed by atoms with Gasteiger partial charge in [-0.15, -0.1) is 11.8 Å². The Kier molecular flexibility index (Phi) is 10.5. The lowest BCUT2D eigenvalue weighted by Gasteiger charge is -2.13. The fourth-order valence-electron chi connectivity index (χ4n) is 4.06. The van der Waals surface area contributed by atoms with E-state index in [1.807, 2.05) is 67.6 Å². The molecule has 0 spiro atoms. The molecule has 4 aromatic rings. The van der Waals surface area contributed by atoms with Crippen LogP contribution in [0.5, 0.6) is 0 Å². The second-order valence-electron chi connectivity index (χ2n) is 9.21. The molecule has 0 heterocycles. The molecule has 6 nitrogen and oxygen atoms in total. The first kappa shape index (κ1) is 29.8. The summed E-state index contributed by atoms with van der Waals surface area (Å²) in [7, 11) is 0. The number of amides is 3. The molecule has 4 rings (SSSR count). The highest BCUT2D eigenvalue weighted by atomic mass is 79.9. The van der Waals surface area contributed by atoms with Crippen molar-refractivity contribution in [2.75, 3.05) is 16.4 Å². The molecule has 41 heavy (non-hydrogen) atoms. The third kappa shape index (κ3) is 8.67. The van der Waals surface area contributed by atoms with Crippen LogP contribution >= 0.6 is 27.7 Å². The van der Waals surface area contributed by atoms with Crippen LogP contribution in [0.1, 0.15) is 34.0 Å². The van der Waals surface area contributed by atoms with Gasteiger partial charge in [0.05, 0.1) is 5.75 Å². The Morgan fingerprint density at radius 3 is 2.29 bits per heavy atom. The highest BCUT2D eigenvalue weighted by Gasteiger charge is 2.15. The number of benzene rings is 4. The fourth-order valence-corrected chi connectivity index (χ4v) is 5.18. The van der Waals surface area contributed by atoms with Crippen LogP contribution in [0.15, 0.2) is 112 Å². The molecule has 0 aliphatic heterocycles. The van der Waals surface area contributed by atoms with Crippen LogP contribution < -0.4 is 16.0 Å². The van der Waals surface area contributed by atoms with Crippen LogP contribution in [0.2, 0.25) is 0 Å². The molecule has 4 aromatic carbocycles. The van der Waals surface area contributed by atoms with Crippen LogP contribution in [0, 0.1) is 6.92 Å². The van der Waals surface area contributed by atoms with Crippen LogP contribution in [0.25, 0.3) is 6.08 Å². The van der Waals surface area contributed by atoms with Crippen molar-refractivity contribution in [1.29, 1.82) is 0 Å². The zero-order valence-corrected chi connectivity index (χ0v) is 25.1. The van der Waals surface area contributed by atoms with E-state index >= 15 is 0 Å². The van der Waals surface area contributed by atoms with Gasteiger partial charge in [-0.1, -0.05) is 71.4 Å². The Morgan fingerprint density at radius 2 is 1.59 bits per heavy atom. The van der Waals surface area contributed by atoms with E-state index in [0.29, 0.717) is 11.3 Å². The summed E-state index contributed by atoms with van der Waals surface area (Å²) < 4.78 is 0.854. The van der Waals surface area contributed by atoms with Crippen LogP contribution in [-0.2, 0) is 16.0 Å². The van der Waals surface area contributed by atoms with Gasteiger partial charge in [-0.05, 0) is 84.6 Å². The van der Waals surface area contributed by atoms with E-state index < -0.39 is 5.91 Å². The quantitative estimate of drug-likeness (QED) is 0.126. The number of rotatable bonds is 10. The van der Waals surface area contributed by atoms with Crippen molar-refractivity contribution in [3.05, 3.63) is 129 Å². The van der Waals surface area contributed by atoms with Gasteiger partial charge in [-0.3, -0.25) is 14.4 Å². The van der Waals surface area contributed by atoms with Crippen molar-refractivity contribution in [2.24, 2.45) is 0 Å². The fraction of sp³-hybridized carbons (Fsp3) is 0.121. The molecular weight excluding hydrogens is 598 g/mol. The topological polar surface area (TPSA) is 87.3 Å². The monoisotopic (exact) mass is 627 g/mol. The lowest BCUT2D eigenvalue weighted by Crippen LogP contribution is -2.30. The molecule has 0 fully saturated rings. The first-order valence-electron chi connectivity index (χ1n) is 13.1. The zero-order valence-electron chi connectivity index (χ0n) is 22.7. The summed E-state index contributed by atoms with van der Waals surface area (Å²) in [4.78, 5) is 39.6. The van der Waals surface area contributed by atoms with Crippen molar-refractivity contribution in [3.63, 3.8) is 0 Å². The van der Waals surface area contributed by atoms with Crippen molar-refractivity contribution in [1.82, 2.24) is 5.32 Å². The van der Waals surface area contributed by atoms with Gasteiger partial charge in [0.2, 0.25) is 5.91 Å². The number of carbonyl (C=O) groups excluding carboxylic acids is 3. The zero-order chi connectivity index (χ0) is 29.2. The maximum atomic E-state index is 13.3. The molecule has 0 atom stereocenters. The van der Waals surface area contributed by atoms with E-state index in [-0.39, 0.29) is 23.3 Å². The van der Waals surface area contributed by atoms with Crippen molar-refractivity contribution >= 4 is 62.9 Å². The van der Waals surface area contributed by atoms with Gasteiger partial charge in [-0.2, -0.15) is 0 Å². The molecule has 8 heteroatoms. The normalized spacial score (nSPS) is 11.0. The molecule has 0 aliphatic carbocycles. The number of para-hydroxylation sites is 1. The molecule has 0 saturated carbocycles. The number of nitrogens with one attached hydrogen (secondary N) is 3. The third-order valence-corrected chi connectivity index (χ3v) is 7.68. The number of hydrogen-bond acceptors (Lipinski definition) is 4. The maximum absolute atomic E-state index is 13.3. The molecule has 3 N–H and O–H groups in total. The van der Waals surface area contributed by atoms with Gasteiger partial charge in [0.15, 0.2) is 0 Å². The van der Waals surface area contributed by atoms with E-state index in [1.165, 1.54) is 11.8 Å². The number of anilines is 2. The van der Waals surface area contributed by atoms with Crippen LogP contribution in [-0.4, -0.2) is 23.5 Å². The van der Waals surface area contributed by atoms with Crippen molar-refractivity contribution in [3.8, 4) is 0 Å². The second-order valence-corrected chi connectivity index (χ2v) is 11.2. The Labute approximate surface area is 252 Å². The van der Waals surface area contributed by atoms with Crippen molar-refractivity contribution in [2.45, 2.75) is 25.2 Å². The summed E-state index contributed by atoms with van der Waals surface area (Å²) in [6.07, 6.45) is 2.47. The highest BCUT2D eigenvalue weighted by Crippen LogP contribution is 2.24. The Hall–Kier alpha value is -4.14. The van der Waals surface area contributed by atoms with E-state index in [4.69, 9.17) is 0 Å². The van der Waals surface area contributed by atoms with E-state index in [9.17, 15) is 14.4 Å². The summed E-state index contributed by atoms with van der Waals surface area (Å²) in [5.74, 6) is -0.663. The molecule has 0 bridgehead atoms. The molecule has 0 aliphatic rings. The van der Waals surface area contributed by atoms with Gasteiger partial charge in [-0.25, -0.2) is 0 Å². The van der Waals surface area contributed by atoms with E-state index in [1.54, 1.807) is 42.5 Å². The minimum atomic E-state index is -0.459. The molecule has 3 amide bonds. The van der Waals surface area contributed by atoms with Crippen LogP contribution in [0.3, 0.4) is 0 Å². The summed E-state index contributed by atoms with van der Waals surface area (Å²) in [5, 5.41) is 8.64. The minimum Gasteiger partial charge on any atom is -0.325 e. The lowest BCUT2D eigenvalue weighted by molar-refractivity contribution is -0.114. The maximum Gasteiger partial charge on any atom is 0.272 e. The lowest BCUT2D eigenvalue weighted by atomic mass is 10.1. The largest absolute Gasteiger partial charge is 0.325 e. The highest BCUT2D eigenvalue weighted by molar-refractivity contribution is 9.10. The molecule has 0 unspecified atom stereocenters.